The lowest BCUT2D eigenvalue weighted by atomic mass is 10.1. The van der Waals surface area contributed by atoms with E-state index < -0.39 is 0 Å². The van der Waals surface area contributed by atoms with Gasteiger partial charge in [0.05, 0.1) is 6.20 Å². The van der Waals surface area contributed by atoms with Crippen molar-refractivity contribution in [2.45, 2.75) is 20.0 Å². The van der Waals surface area contributed by atoms with Crippen LogP contribution in [0.1, 0.15) is 12.5 Å². The highest BCUT2D eigenvalue weighted by Gasteiger charge is 2.07. The fourth-order valence-corrected chi connectivity index (χ4v) is 1.78. The van der Waals surface area contributed by atoms with Crippen molar-refractivity contribution in [2.75, 3.05) is 7.05 Å². The largest absolute Gasteiger partial charge is 0.316 e. The van der Waals surface area contributed by atoms with E-state index in [1.807, 2.05) is 26.2 Å². The average Bonchev–Trinajstić information content (AvgIpc) is 2.78. The van der Waals surface area contributed by atoms with Crippen molar-refractivity contribution in [3.63, 3.8) is 0 Å². The average molecular weight is 233 g/mol. The van der Waals surface area contributed by atoms with Gasteiger partial charge in [0.2, 0.25) is 0 Å². The molecule has 0 radical (unpaired) electrons. The molecule has 0 atom stereocenters. The van der Waals surface area contributed by atoms with E-state index >= 15 is 0 Å². The van der Waals surface area contributed by atoms with E-state index in [0.717, 1.165) is 17.7 Å². The van der Waals surface area contributed by atoms with Gasteiger partial charge >= 0.3 is 0 Å². The first-order valence-corrected chi connectivity index (χ1v) is 5.70. The quantitative estimate of drug-likeness (QED) is 0.879. The number of hydrogen-bond acceptors (Lipinski definition) is 2. The Hall–Kier alpha value is -1.68. The molecule has 0 aliphatic rings. The van der Waals surface area contributed by atoms with E-state index in [-0.39, 0.29) is 5.82 Å². The van der Waals surface area contributed by atoms with Crippen LogP contribution in [0, 0.1) is 5.82 Å². The van der Waals surface area contributed by atoms with E-state index in [4.69, 9.17) is 0 Å². The van der Waals surface area contributed by atoms with E-state index in [2.05, 4.69) is 10.4 Å². The van der Waals surface area contributed by atoms with Crippen molar-refractivity contribution in [1.82, 2.24) is 15.1 Å². The number of halogens is 1. The van der Waals surface area contributed by atoms with Gasteiger partial charge in [0.1, 0.15) is 5.82 Å². The molecule has 0 amide bonds. The summed E-state index contributed by atoms with van der Waals surface area (Å²) in [4.78, 5) is 0. The fourth-order valence-electron chi connectivity index (χ4n) is 1.78. The molecule has 1 N–H and O–H groups in total. The molecule has 0 saturated carbocycles. The summed E-state index contributed by atoms with van der Waals surface area (Å²) < 4.78 is 15.7. The number of aryl methyl sites for hydroxylation is 1. The molecule has 0 saturated heterocycles. The van der Waals surface area contributed by atoms with E-state index in [1.165, 1.54) is 0 Å². The third-order valence-electron chi connectivity index (χ3n) is 2.68. The Kier molecular flexibility index (Phi) is 3.54. The highest BCUT2D eigenvalue weighted by molar-refractivity contribution is 5.62. The predicted octanol–water partition coefficient (Wildman–Crippen LogP) is 2.43. The van der Waals surface area contributed by atoms with Crippen LogP contribution in [-0.2, 0) is 13.1 Å². The standard InChI is InChI=1S/C13H16FN3/c1-3-17-9-11(8-16-17)12-5-4-10(7-15-2)6-13(12)14/h4-6,8-9,15H,3,7H2,1-2H3. The van der Waals surface area contributed by atoms with Gasteiger partial charge in [-0.1, -0.05) is 12.1 Å². The number of hydrogen-bond donors (Lipinski definition) is 1. The van der Waals surface area contributed by atoms with Gasteiger partial charge in [-0.2, -0.15) is 5.10 Å². The first-order chi connectivity index (χ1) is 8.24. The molecule has 1 heterocycles. The molecule has 1 aromatic carbocycles. The molecule has 17 heavy (non-hydrogen) atoms. The minimum absolute atomic E-state index is 0.201. The zero-order valence-corrected chi connectivity index (χ0v) is 10.1. The molecule has 0 fully saturated rings. The second-order valence-electron chi connectivity index (χ2n) is 3.93. The Labute approximate surface area is 100 Å². The molecule has 2 aromatic rings. The van der Waals surface area contributed by atoms with Gasteiger partial charge in [-0.25, -0.2) is 4.39 Å². The smallest absolute Gasteiger partial charge is 0.131 e. The normalized spacial score (nSPS) is 10.8. The van der Waals surface area contributed by atoms with Gasteiger partial charge in [0.15, 0.2) is 0 Å². The number of aromatic nitrogens is 2. The lowest BCUT2D eigenvalue weighted by Crippen LogP contribution is -2.05. The van der Waals surface area contributed by atoms with Crippen LogP contribution in [0.15, 0.2) is 30.6 Å². The Morgan fingerprint density at radius 1 is 1.41 bits per heavy atom. The minimum Gasteiger partial charge on any atom is -0.316 e. The van der Waals surface area contributed by atoms with Crippen molar-refractivity contribution >= 4 is 0 Å². The molecule has 0 spiro atoms. The lowest BCUT2D eigenvalue weighted by molar-refractivity contribution is 0.627. The first-order valence-electron chi connectivity index (χ1n) is 5.70. The predicted molar refractivity (Wildman–Crippen MR) is 66.1 cm³/mol. The van der Waals surface area contributed by atoms with Crippen LogP contribution in [0.25, 0.3) is 11.1 Å². The molecule has 0 bridgehead atoms. The van der Waals surface area contributed by atoms with Crippen molar-refractivity contribution < 1.29 is 4.39 Å². The molecule has 2 rings (SSSR count). The molecule has 3 nitrogen and oxygen atoms in total. The highest BCUT2D eigenvalue weighted by atomic mass is 19.1. The third-order valence-corrected chi connectivity index (χ3v) is 2.68. The van der Waals surface area contributed by atoms with Crippen LogP contribution >= 0.6 is 0 Å². The summed E-state index contributed by atoms with van der Waals surface area (Å²) in [5.74, 6) is -0.201. The maximum Gasteiger partial charge on any atom is 0.131 e. The highest BCUT2D eigenvalue weighted by Crippen LogP contribution is 2.23. The zero-order chi connectivity index (χ0) is 12.3. The topological polar surface area (TPSA) is 29.9 Å². The maximum absolute atomic E-state index is 13.9. The van der Waals surface area contributed by atoms with Crippen LogP contribution in [0.2, 0.25) is 0 Å². The Balaban J connectivity index is 2.32. The van der Waals surface area contributed by atoms with Crippen LogP contribution < -0.4 is 5.32 Å². The lowest BCUT2D eigenvalue weighted by Gasteiger charge is -2.04. The second kappa shape index (κ2) is 5.10. The molecule has 4 heteroatoms. The van der Waals surface area contributed by atoms with Crippen molar-refractivity contribution in [1.29, 1.82) is 0 Å². The van der Waals surface area contributed by atoms with Crippen LogP contribution in [0.5, 0.6) is 0 Å². The molecular formula is C13H16FN3. The second-order valence-corrected chi connectivity index (χ2v) is 3.93. The summed E-state index contributed by atoms with van der Waals surface area (Å²) in [7, 11) is 1.84. The SMILES string of the molecule is CCn1cc(-c2ccc(CNC)cc2F)cn1. The van der Waals surface area contributed by atoms with Crippen LogP contribution in [0.3, 0.4) is 0 Å². The zero-order valence-electron chi connectivity index (χ0n) is 10.1. The van der Waals surface area contributed by atoms with Crippen molar-refractivity contribution in [3.8, 4) is 11.1 Å². The van der Waals surface area contributed by atoms with Gasteiger partial charge < -0.3 is 5.32 Å². The van der Waals surface area contributed by atoms with Crippen LogP contribution in [-0.4, -0.2) is 16.8 Å². The fraction of sp³-hybridized carbons (Fsp3) is 0.308. The molecular weight excluding hydrogens is 217 g/mol. The van der Waals surface area contributed by atoms with E-state index in [9.17, 15) is 4.39 Å². The maximum atomic E-state index is 13.9. The Bertz CT molecular complexity index is 505. The third kappa shape index (κ3) is 2.53. The minimum atomic E-state index is -0.201. The number of rotatable bonds is 4. The van der Waals surface area contributed by atoms with Gasteiger partial charge in [-0.3, -0.25) is 4.68 Å². The van der Waals surface area contributed by atoms with Gasteiger partial charge in [-0.15, -0.1) is 0 Å². The Morgan fingerprint density at radius 3 is 2.82 bits per heavy atom. The monoisotopic (exact) mass is 233 g/mol. The van der Waals surface area contributed by atoms with Crippen molar-refractivity contribution in [2.24, 2.45) is 0 Å². The summed E-state index contributed by atoms with van der Waals surface area (Å²) in [5.41, 5.74) is 2.36. The van der Waals surface area contributed by atoms with E-state index in [0.29, 0.717) is 12.1 Å². The molecule has 0 aliphatic heterocycles. The summed E-state index contributed by atoms with van der Waals surface area (Å²) >= 11 is 0. The molecule has 0 aliphatic carbocycles. The number of benzene rings is 1. The summed E-state index contributed by atoms with van der Waals surface area (Å²) in [6.45, 7) is 3.47. The van der Waals surface area contributed by atoms with E-state index in [1.54, 1.807) is 23.0 Å². The summed E-state index contributed by atoms with van der Waals surface area (Å²) in [6.07, 6.45) is 3.55. The molecule has 90 valence electrons. The number of nitrogens with one attached hydrogen (secondary N) is 1. The molecule has 0 unspecified atom stereocenters. The van der Waals surface area contributed by atoms with Gasteiger partial charge in [0.25, 0.3) is 0 Å². The summed E-state index contributed by atoms with van der Waals surface area (Å²) in [5, 5.41) is 7.15. The van der Waals surface area contributed by atoms with Crippen LogP contribution in [0.4, 0.5) is 4.39 Å². The first kappa shape index (κ1) is 11.8. The Morgan fingerprint density at radius 2 is 2.24 bits per heavy atom. The summed E-state index contributed by atoms with van der Waals surface area (Å²) in [6, 6.07) is 5.30. The number of nitrogens with zero attached hydrogens (tertiary/aromatic N) is 2. The molecule has 1 aromatic heterocycles. The van der Waals surface area contributed by atoms with Gasteiger partial charge in [0, 0.05) is 30.4 Å². The van der Waals surface area contributed by atoms with Crippen molar-refractivity contribution in [3.05, 3.63) is 42.0 Å². The van der Waals surface area contributed by atoms with Gasteiger partial charge in [-0.05, 0) is 25.6 Å².